The van der Waals surface area contributed by atoms with Gasteiger partial charge in [0.2, 0.25) is 0 Å². The highest BCUT2D eigenvalue weighted by molar-refractivity contribution is 5.25. The molecule has 0 aromatic heterocycles. The number of hydrogen-bond acceptors (Lipinski definition) is 2. The van der Waals surface area contributed by atoms with Gasteiger partial charge in [0.15, 0.2) is 0 Å². The number of rotatable bonds is 12. The lowest BCUT2D eigenvalue weighted by Crippen LogP contribution is -2.02. The van der Waals surface area contributed by atoms with Gasteiger partial charge in [0.05, 0.1) is 13.2 Å². The molecule has 0 atom stereocenters. The summed E-state index contributed by atoms with van der Waals surface area (Å²) in [6, 6.07) is 8.44. The molecule has 0 heterocycles. The molecule has 0 amide bonds. The van der Waals surface area contributed by atoms with Crippen molar-refractivity contribution in [1.82, 2.24) is 0 Å². The van der Waals surface area contributed by atoms with E-state index in [1.807, 2.05) is 0 Å². The van der Waals surface area contributed by atoms with Crippen molar-refractivity contribution >= 4 is 0 Å². The SMILES string of the molecule is CCCCCOCc1ccccc1COCCCCC. The summed E-state index contributed by atoms with van der Waals surface area (Å²) in [5.74, 6) is 0. The molecule has 2 heteroatoms. The Morgan fingerprint density at radius 3 is 1.55 bits per heavy atom. The number of unbranched alkanes of at least 4 members (excludes halogenated alkanes) is 4. The molecule has 114 valence electrons. The van der Waals surface area contributed by atoms with Crippen molar-refractivity contribution in [2.24, 2.45) is 0 Å². The van der Waals surface area contributed by atoms with Gasteiger partial charge in [0.25, 0.3) is 0 Å². The lowest BCUT2D eigenvalue weighted by molar-refractivity contribution is 0.103. The van der Waals surface area contributed by atoms with Crippen molar-refractivity contribution < 1.29 is 9.47 Å². The van der Waals surface area contributed by atoms with Gasteiger partial charge in [-0.25, -0.2) is 0 Å². The van der Waals surface area contributed by atoms with E-state index in [0.717, 1.165) is 26.1 Å². The number of hydrogen-bond donors (Lipinski definition) is 0. The highest BCUT2D eigenvalue weighted by Gasteiger charge is 2.02. The zero-order chi connectivity index (χ0) is 14.5. The van der Waals surface area contributed by atoms with Crippen LogP contribution in [-0.2, 0) is 22.7 Å². The zero-order valence-corrected chi connectivity index (χ0v) is 13.2. The normalized spacial score (nSPS) is 10.9. The van der Waals surface area contributed by atoms with E-state index in [2.05, 4.69) is 38.1 Å². The summed E-state index contributed by atoms with van der Waals surface area (Å²) in [6.45, 7) is 7.56. The van der Waals surface area contributed by atoms with E-state index in [1.165, 1.54) is 36.8 Å². The third-order valence-corrected chi connectivity index (χ3v) is 3.42. The Kier molecular flexibility index (Phi) is 10.3. The van der Waals surface area contributed by atoms with Crippen LogP contribution in [0.4, 0.5) is 0 Å². The fourth-order valence-corrected chi connectivity index (χ4v) is 2.11. The predicted molar refractivity (Wildman–Crippen MR) is 84.8 cm³/mol. The van der Waals surface area contributed by atoms with Gasteiger partial charge in [0, 0.05) is 13.2 Å². The van der Waals surface area contributed by atoms with E-state index in [9.17, 15) is 0 Å². The van der Waals surface area contributed by atoms with Gasteiger partial charge in [-0.1, -0.05) is 63.8 Å². The Bertz CT molecular complexity index is 303. The highest BCUT2D eigenvalue weighted by atomic mass is 16.5. The van der Waals surface area contributed by atoms with Crippen LogP contribution in [0.1, 0.15) is 63.5 Å². The molecule has 1 rings (SSSR count). The van der Waals surface area contributed by atoms with E-state index < -0.39 is 0 Å². The Morgan fingerprint density at radius 2 is 1.15 bits per heavy atom. The van der Waals surface area contributed by atoms with Gasteiger partial charge in [-0.05, 0) is 24.0 Å². The topological polar surface area (TPSA) is 18.5 Å². The third-order valence-electron chi connectivity index (χ3n) is 3.42. The molecule has 0 fully saturated rings. The highest BCUT2D eigenvalue weighted by Crippen LogP contribution is 2.12. The summed E-state index contributed by atoms with van der Waals surface area (Å²) in [7, 11) is 0. The first-order valence-corrected chi connectivity index (χ1v) is 8.10. The zero-order valence-electron chi connectivity index (χ0n) is 13.2. The van der Waals surface area contributed by atoms with E-state index in [4.69, 9.17) is 9.47 Å². The Labute approximate surface area is 124 Å². The molecular weight excluding hydrogens is 248 g/mol. The van der Waals surface area contributed by atoms with Crippen LogP contribution in [0.2, 0.25) is 0 Å². The molecule has 0 bridgehead atoms. The predicted octanol–water partition coefficient (Wildman–Crippen LogP) is 5.10. The first-order valence-electron chi connectivity index (χ1n) is 8.10. The molecule has 0 N–H and O–H groups in total. The Morgan fingerprint density at radius 1 is 0.700 bits per heavy atom. The van der Waals surface area contributed by atoms with Crippen molar-refractivity contribution in [3.05, 3.63) is 35.4 Å². The van der Waals surface area contributed by atoms with Gasteiger partial charge in [-0.2, -0.15) is 0 Å². The maximum atomic E-state index is 5.75. The van der Waals surface area contributed by atoms with Crippen LogP contribution in [-0.4, -0.2) is 13.2 Å². The van der Waals surface area contributed by atoms with Crippen molar-refractivity contribution in [2.75, 3.05) is 13.2 Å². The molecule has 0 radical (unpaired) electrons. The van der Waals surface area contributed by atoms with E-state index >= 15 is 0 Å². The average Bonchev–Trinajstić information content (AvgIpc) is 2.48. The van der Waals surface area contributed by atoms with Crippen molar-refractivity contribution in [1.29, 1.82) is 0 Å². The van der Waals surface area contributed by atoms with Gasteiger partial charge in [-0.3, -0.25) is 0 Å². The van der Waals surface area contributed by atoms with Crippen LogP contribution in [0.25, 0.3) is 0 Å². The van der Waals surface area contributed by atoms with Crippen LogP contribution in [0, 0.1) is 0 Å². The number of ether oxygens (including phenoxy) is 2. The standard InChI is InChI=1S/C18H30O2/c1-3-5-9-13-19-15-17-11-7-8-12-18(17)16-20-14-10-6-4-2/h7-8,11-12H,3-6,9-10,13-16H2,1-2H3. The molecule has 0 aliphatic rings. The largest absolute Gasteiger partial charge is 0.377 e. The summed E-state index contributed by atoms with van der Waals surface area (Å²) < 4.78 is 11.5. The Hall–Kier alpha value is -0.860. The third kappa shape index (κ3) is 7.66. The second kappa shape index (κ2) is 11.9. The van der Waals surface area contributed by atoms with Crippen LogP contribution in [0.3, 0.4) is 0 Å². The smallest absolute Gasteiger partial charge is 0.0720 e. The number of benzene rings is 1. The summed E-state index contributed by atoms with van der Waals surface area (Å²) in [6.07, 6.45) is 7.31. The molecule has 20 heavy (non-hydrogen) atoms. The second-order valence-corrected chi connectivity index (χ2v) is 5.29. The molecule has 2 nitrogen and oxygen atoms in total. The second-order valence-electron chi connectivity index (χ2n) is 5.29. The van der Waals surface area contributed by atoms with Crippen LogP contribution in [0.5, 0.6) is 0 Å². The fourth-order valence-electron chi connectivity index (χ4n) is 2.11. The first kappa shape index (κ1) is 17.2. The Balaban J connectivity index is 2.27. The molecule has 1 aromatic carbocycles. The fraction of sp³-hybridized carbons (Fsp3) is 0.667. The van der Waals surface area contributed by atoms with E-state index in [0.29, 0.717) is 13.2 Å². The molecular formula is C18H30O2. The van der Waals surface area contributed by atoms with E-state index in [1.54, 1.807) is 0 Å². The molecule has 0 spiro atoms. The summed E-state index contributed by atoms with van der Waals surface area (Å²) in [5.41, 5.74) is 2.53. The monoisotopic (exact) mass is 278 g/mol. The molecule has 0 unspecified atom stereocenters. The molecule has 0 saturated carbocycles. The molecule has 1 aromatic rings. The molecule has 0 aliphatic carbocycles. The minimum Gasteiger partial charge on any atom is -0.377 e. The van der Waals surface area contributed by atoms with Gasteiger partial charge in [0.1, 0.15) is 0 Å². The van der Waals surface area contributed by atoms with Crippen molar-refractivity contribution in [2.45, 2.75) is 65.6 Å². The molecule has 0 saturated heterocycles. The first-order chi connectivity index (χ1) is 9.88. The van der Waals surface area contributed by atoms with Crippen LogP contribution in [0.15, 0.2) is 24.3 Å². The lowest BCUT2D eigenvalue weighted by atomic mass is 10.1. The van der Waals surface area contributed by atoms with Crippen molar-refractivity contribution in [3.63, 3.8) is 0 Å². The minimum absolute atomic E-state index is 0.707. The maximum Gasteiger partial charge on any atom is 0.0720 e. The molecule has 0 aliphatic heterocycles. The maximum absolute atomic E-state index is 5.75. The minimum atomic E-state index is 0.707. The van der Waals surface area contributed by atoms with Gasteiger partial charge < -0.3 is 9.47 Å². The van der Waals surface area contributed by atoms with Crippen LogP contribution < -0.4 is 0 Å². The lowest BCUT2D eigenvalue weighted by Gasteiger charge is -2.11. The van der Waals surface area contributed by atoms with Gasteiger partial charge >= 0.3 is 0 Å². The van der Waals surface area contributed by atoms with E-state index in [-0.39, 0.29) is 0 Å². The summed E-state index contributed by atoms with van der Waals surface area (Å²) in [4.78, 5) is 0. The quantitative estimate of drug-likeness (QED) is 0.495. The van der Waals surface area contributed by atoms with Crippen molar-refractivity contribution in [3.8, 4) is 0 Å². The van der Waals surface area contributed by atoms with Crippen LogP contribution >= 0.6 is 0 Å². The summed E-state index contributed by atoms with van der Waals surface area (Å²) >= 11 is 0. The average molecular weight is 278 g/mol. The summed E-state index contributed by atoms with van der Waals surface area (Å²) in [5, 5.41) is 0. The van der Waals surface area contributed by atoms with Gasteiger partial charge in [-0.15, -0.1) is 0 Å².